The van der Waals surface area contributed by atoms with Crippen LogP contribution in [0.25, 0.3) is 0 Å². The summed E-state index contributed by atoms with van der Waals surface area (Å²) in [6.07, 6.45) is 2.64. The first-order valence-corrected chi connectivity index (χ1v) is 8.41. The monoisotopic (exact) mass is 338 g/mol. The highest BCUT2D eigenvalue weighted by Crippen LogP contribution is 2.22. The molecule has 2 aromatic heterocycles. The summed E-state index contributed by atoms with van der Waals surface area (Å²) in [5, 5.41) is 9.15. The summed E-state index contributed by atoms with van der Waals surface area (Å²) in [5.74, 6) is -0.713. The molecule has 0 aliphatic rings. The van der Waals surface area contributed by atoms with Gasteiger partial charge in [-0.1, -0.05) is 0 Å². The minimum absolute atomic E-state index is 0.0588. The molecule has 8 heteroatoms. The van der Waals surface area contributed by atoms with Crippen molar-refractivity contribution in [3.8, 4) is 0 Å². The zero-order chi connectivity index (χ0) is 17.2. The molecule has 7 nitrogen and oxygen atoms in total. The first-order valence-electron chi connectivity index (χ1n) is 6.97. The van der Waals surface area contributed by atoms with Gasteiger partial charge in [-0.15, -0.1) is 0 Å². The largest absolute Gasteiger partial charge is 0.478 e. The van der Waals surface area contributed by atoms with Gasteiger partial charge in [0.2, 0.25) is 10.0 Å². The van der Waals surface area contributed by atoms with Gasteiger partial charge in [0.1, 0.15) is 10.7 Å². The first kappa shape index (κ1) is 17.2. The predicted molar refractivity (Wildman–Crippen MR) is 82.5 cm³/mol. The van der Waals surface area contributed by atoms with Crippen molar-refractivity contribution >= 4 is 16.0 Å². The lowest BCUT2D eigenvalue weighted by Crippen LogP contribution is -2.36. The zero-order valence-electron chi connectivity index (χ0n) is 13.1. The second kappa shape index (κ2) is 6.51. The van der Waals surface area contributed by atoms with Crippen LogP contribution in [0.2, 0.25) is 0 Å². The number of carboxylic acids is 1. The van der Waals surface area contributed by atoms with Gasteiger partial charge in [0.25, 0.3) is 0 Å². The number of aromatic carboxylic acids is 1. The van der Waals surface area contributed by atoms with Crippen LogP contribution in [0.15, 0.2) is 40.0 Å². The molecule has 0 atom stereocenters. The molecule has 0 spiro atoms. The van der Waals surface area contributed by atoms with E-state index in [1.165, 1.54) is 23.7 Å². The second-order valence-electron chi connectivity index (χ2n) is 5.33. The van der Waals surface area contributed by atoms with Crippen molar-refractivity contribution in [3.05, 3.63) is 47.7 Å². The minimum Gasteiger partial charge on any atom is -0.478 e. The number of hydrogen-bond donors (Lipinski definition) is 1. The highest BCUT2D eigenvalue weighted by molar-refractivity contribution is 7.89. The lowest BCUT2D eigenvalue weighted by Gasteiger charge is -2.25. The average molecular weight is 338 g/mol. The molecule has 2 heterocycles. The molecule has 0 saturated heterocycles. The second-order valence-corrected chi connectivity index (χ2v) is 7.22. The van der Waals surface area contributed by atoms with Crippen molar-refractivity contribution in [2.75, 3.05) is 0 Å². The standard InChI is InChI=1S/C15H18N2O5S/c1-10(2)17(9-12-5-4-6-22-12)23(20,21)13-7-14(15(18)19)11(3)16-8-13/h4-8,10H,9H2,1-3H3,(H,18,19). The van der Waals surface area contributed by atoms with E-state index in [1.54, 1.807) is 26.0 Å². The molecule has 0 aliphatic heterocycles. The summed E-state index contributed by atoms with van der Waals surface area (Å²) < 4.78 is 32.1. The van der Waals surface area contributed by atoms with Crippen molar-refractivity contribution in [2.45, 2.75) is 38.3 Å². The molecule has 2 aromatic rings. The molecule has 2 rings (SSSR count). The molecule has 0 aromatic carbocycles. The fourth-order valence-corrected chi connectivity index (χ4v) is 3.68. The number of rotatable bonds is 6. The normalized spacial score (nSPS) is 12.0. The lowest BCUT2D eigenvalue weighted by atomic mass is 10.2. The van der Waals surface area contributed by atoms with Crippen LogP contribution in [-0.4, -0.2) is 34.8 Å². The number of furan rings is 1. The fraction of sp³-hybridized carbons (Fsp3) is 0.333. The summed E-state index contributed by atoms with van der Waals surface area (Å²) in [6.45, 7) is 5.05. The van der Waals surface area contributed by atoms with Gasteiger partial charge in [-0.05, 0) is 39.0 Å². The number of pyridine rings is 1. The number of hydrogen-bond acceptors (Lipinski definition) is 5. The van der Waals surface area contributed by atoms with Crippen molar-refractivity contribution in [1.82, 2.24) is 9.29 Å². The highest BCUT2D eigenvalue weighted by atomic mass is 32.2. The van der Waals surface area contributed by atoms with E-state index >= 15 is 0 Å². The van der Waals surface area contributed by atoms with Gasteiger partial charge in [0.05, 0.1) is 24.1 Å². The van der Waals surface area contributed by atoms with Crippen LogP contribution in [-0.2, 0) is 16.6 Å². The maximum atomic E-state index is 12.8. The zero-order valence-corrected chi connectivity index (χ0v) is 13.9. The predicted octanol–water partition coefficient (Wildman–Crippen LogP) is 2.28. The Morgan fingerprint density at radius 3 is 2.65 bits per heavy atom. The van der Waals surface area contributed by atoms with Gasteiger partial charge in [-0.25, -0.2) is 13.2 Å². The topological polar surface area (TPSA) is 101 Å². The summed E-state index contributed by atoms with van der Waals surface area (Å²) >= 11 is 0. The minimum atomic E-state index is -3.90. The smallest absolute Gasteiger partial charge is 0.337 e. The Morgan fingerprint density at radius 2 is 2.13 bits per heavy atom. The van der Waals surface area contributed by atoms with Crippen LogP contribution in [0.3, 0.4) is 0 Å². The third-order valence-corrected chi connectivity index (χ3v) is 5.35. The number of carboxylic acid groups (broad SMARTS) is 1. The SMILES string of the molecule is Cc1ncc(S(=O)(=O)N(Cc2ccco2)C(C)C)cc1C(=O)O. The molecule has 0 saturated carbocycles. The van der Waals surface area contributed by atoms with Crippen LogP contribution in [0.1, 0.15) is 35.7 Å². The highest BCUT2D eigenvalue weighted by Gasteiger charge is 2.29. The molecule has 0 bridgehead atoms. The average Bonchev–Trinajstić information content (AvgIpc) is 2.97. The van der Waals surface area contributed by atoms with E-state index in [2.05, 4.69) is 4.98 Å². The van der Waals surface area contributed by atoms with Gasteiger partial charge < -0.3 is 9.52 Å². The lowest BCUT2D eigenvalue weighted by molar-refractivity contribution is 0.0695. The number of sulfonamides is 1. The van der Waals surface area contributed by atoms with Crippen LogP contribution >= 0.6 is 0 Å². The molecule has 23 heavy (non-hydrogen) atoms. The molecular weight excluding hydrogens is 320 g/mol. The van der Waals surface area contributed by atoms with E-state index in [0.717, 1.165) is 6.07 Å². The summed E-state index contributed by atoms with van der Waals surface area (Å²) in [6, 6.07) is 4.16. The number of nitrogens with zero attached hydrogens (tertiary/aromatic N) is 2. The molecule has 0 amide bonds. The Hall–Kier alpha value is -2.19. The Morgan fingerprint density at radius 1 is 1.43 bits per heavy atom. The molecule has 0 aliphatic carbocycles. The van der Waals surface area contributed by atoms with Crippen LogP contribution in [0.4, 0.5) is 0 Å². The van der Waals surface area contributed by atoms with Crippen molar-refractivity contribution in [3.63, 3.8) is 0 Å². The van der Waals surface area contributed by atoms with Crippen LogP contribution < -0.4 is 0 Å². The molecule has 124 valence electrons. The van der Waals surface area contributed by atoms with E-state index < -0.39 is 16.0 Å². The third kappa shape index (κ3) is 3.59. The number of aromatic nitrogens is 1. The maximum Gasteiger partial charge on any atom is 0.337 e. The molecule has 0 fully saturated rings. The molecular formula is C15H18N2O5S. The Labute approximate surface area is 134 Å². The van der Waals surface area contributed by atoms with Crippen molar-refractivity contribution in [2.24, 2.45) is 0 Å². The van der Waals surface area contributed by atoms with E-state index in [0.29, 0.717) is 5.76 Å². The summed E-state index contributed by atoms with van der Waals surface area (Å²) in [4.78, 5) is 14.9. The van der Waals surface area contributed by atoms with Gasteiger partial charge in [0.15, 0.2) is 0 Å². The van der Waals surface area contributed by atoms with Crippen LogP contribution in [0, 0.1) is 6.92 Å². The third-order valence-electron chi connectivity index (χ3n) is 3.37. The van der Waals surface area contributed by atoms with Gasteiger partial charge in [-0.2, -0.15) is 4.31 Å². The van der Waals surface area contributed by atoms with Gasteiger partial charge >= 0.3 is 5.97 Å². The van der Waals surface area contributed by atoms with E-state index in [-0.39, 0.29) is 28.7 Å². The van der Waals surface area contributed by atoms with E-state index in [9.17, 15) is 13.2 Å². The quantitative estimate of drug-likeness (QED) is 0.867. The Kier molecular flexibility index (Phi) is 4.86. The van der Waals surface area contributed by atoms with Gasteiger partial charge in [0, 0.05) is 12.2 Å². The summed E-state index contributed by atoms with van der Waals surface area (Å²) in [5.41, 5.74) is 0.131. The van der Waals surface area contributed by atoms with Crippen LogP contribution in [0.5, 0.6) is 0 Å². The Bertz CT molecular complexity index is 797. The number of carbonyl (C=O) groups is 1. The van der Waals surface area contributed by atoms with E-state index in [1.807, 2.05) is 0 Å². The van der Waals surface area contributed by atoms with Gasteiger partial charge in [-0.3, -0.25) is 4.98 Å². The van der Waals surface area contributed by atoms with Crippen molar-refractivity contribution in [1.29, 1.82) is 0 Å². The molecule has 0 unspecified atom stereocenters. The summed E-state index contributed by atoms with van der Waals surface area (Å²) in [7, 11) is -3.90. The number of aryl methyl sites for hydroxylation is 1. The Balaban J connectivity index is 2.45. The maximum absolute atomic E-state index is 12.8. The van der Waals surface area contributed by atoms with E-state index in [4.69, 9.17) is 9.52 Å². The molecule has 1 N–H and O–H groups in total. The molecule has 0 radical (unpaired) electrons. The fourth-order valence-electron chi connectivity index (χ4n) is 2.11. The first-order chi connectivity index (χ1) is 10.7. The van der Waals surface area contributed by atoms with Crippen molar-refractivity contribution < 1.29 is 22.7 Å².